The van der Waals surface area contributed by atoms with Gasteiger partial charge in [-0.2, -0.15) is 0 Å². The van der Waals surface area contributed by atoms with E-state index in [1.54, 1.807) is 0 Å². The van der Waals surface area contributed by atoms with Gasteiger partial charge in [0, 0.05) is 5.25 Å². The van der Waals surface area contributed by atoms with Crippen LogP contribution in [0.4, 0.5) is 0 Å². The molecule has 0 atom stereocenters. The van der Waals surface area contributed by atoms with Crippen LogP contribution in [0.2, 0.25) is 0 Å². The van der Waals surface area contributed by atoms with Crippen LogP contribution in [-0.4, -0.2) is 18.2 Å². The quantitative estimate of drug-likeness (QED) is 0.367. The fourth-order valence-corrected chi connectivity index (χ4v) is 2.37. The van der Waals surface area contributed by atoms with Crippen molar-refractivity contribution < 1.29 is 42.5 Å². The Bertz CT molecular complexity index is 217. The van der Waals surface area contributed by atoms with Crippen LogP contribution in [0.3, 0.4) is 0 Å². The molecule has 66 valence electrons. The molecule has 1 saturated carbocycles. The van der Waals surface area contributed by atoms with E-state index >= 15 is 0 Å². The Labute approximate surface area is 96.0 Å². The van der Waals surface area contributed by atoms with Crippen LogP contribution < -0.4 is 29.6 Å². The number of hydrogen-bond acceptors (Lipinski definition) is 3. The molecule has 5 heteroatoms. The Morgan fingerprint density at radius 3 is 1.92 bits per heavy atom. The topological polar surface area (TPSA) is 57.2 Å². The van der Waals surface area contributed by atoms with Gasteiger partial charge >= 0.3 is 29.6 Å². The van der Waals surface area contributed by atoms with Crippen LogP contribution >= 0.6 is 0 Å². The molecule has 0 N–H and O–H groups in total. The van der Waals surface area contributed by atoms with Gasteiger partial charge in [-0.05, 0) is 31.6 Å². The fourth-order valence-electron chi connectivity index (χ4n) is 1.52. The van der Waals surface area contributed by atoms with Crippen LogP contribution in [-0.2, 0) is 10.1 Å². The zero-order valence-corrected chi connectivity index (χ0v) is 10.4. The first kappa shape index (κ1) is 12.9. The summed E-state index contributed by atoms with van der Waals surface area (Å²) in [5.74, 6) is 0.591. The third-order valence-electron chi connectivity index (χ3n) is 2.37. The third-order valence-corrected chi connectivity index (χ3v) is 3.66. The minimum absolute atomic E-state index is 0. The van der Waals surface area contributed by atoms with Crippen molar-refractivity contribution in [2.75, 3.05) is 0 Å². The molecular weight excluding hydrogens is 187 g/mol. The number of hydrogen-bond donors (Lipinski definition) is 0. The summed E-state index contributed by atoms with van der Waals surface area (Å²) in [7, 11) is -4.00. The molecule has 1 aliphatic carbocycles. The first-order chi connectivity index (χ1) is 5.00. The van der Waals surface area contributed by atoms with Crippen LogP contribution in [0.1, 0.15) is 32.6 Å². The Morgan fingerprint density at radius 2 is 1.58 bits per heavy atom. The van der Waals surface area contributed by atoms with Gasteiger partial charge in [-0.15, -0.1) is 0 Å². The van der Waals surface area contributed by atoms with E-state index in [-0.39, 0.29) is 29.6 Å². The maximum atomic E-state index is 10.5. The smallest absolute Gasteiger partial charge is 0.748 e. The SMILES string of the molecule is CC1CCC(S(=O)(=O)[O-])CC1.[Na+]. The van der Waals surface area contributed by atoms with Crippen LogP contribution in [0.25, 0.3) is 0 Å². The van der Waals surface area contributed by atoms with Gasteiger partial charge in [0.15, 0.2) is 0 Å². The largest absolute Gasteiger partial charge is 1.00 e. The van der Waals surface area contributed by atoms with Crippen LogP contribution in [0.5, 0.6) is 0 Å². The molecule has 0 aromatic heterocycles. The molecule has 1 fully saturated rings. The monoisotopic (exact) mass is 200 g/mol. The molecule has 0 aromatic rings. The second-order valence-electron chi connectivity index (χ2n) is 3.37. The summed E-state index contributed by atoms with van der Waals surface area (Å²) in [6.07, 6.45) is 2.89. The first-order valence-corrected chi connectivity index (χ1v) is 5.42. The van der Waals surface area contributed by atoms with Gasteiger partial charge in [0.25, 0.3) is 0 Å². The summed E-state index contributed by atoms with van der Waals surface area (Å²) in [6, 6.07) is 0. The van der Waals surface area contributed by atoms with Crippen molar-refractivity contribution in [1.82, 2.24) is 0 Å². The van der Waals surface area contributed by atoms with E-state index in [0.29, 0.717) is 18.8 Å². The zero-order valence-electron chi connectivity index (χ0n) is 7.62. The molecule has 12 heavy (non-hydrogen) atoms. The van der Waals surface area contributed by atoms with Crippen molar-refractivity contribution in [1.29, 1.82) is 0 Å². The predicted molar refractivity (Wildman–Crippen MR) is 41.1 cm³/mol. The maximum absolute atomic E-state index is 10.5. The molecule has 0 radical (unpaired) electrons. The summed E-state index contributed by atoms with van der Waals surface area (Å²) in [4.78, 5) is 0. The third kappa shape index (κ3) is 3.75. The average Bonchev–Trinajstić information content (AvgIpc) is 1.86. The molecule has 0 spiro atoms. The van der Waals surface area contributed by atoms with Crippen LogP contribution in [0, 0.1) is 5.92 Å². The minimum Gasteiger partial charge on any atom is -0.748 e. The molecule has 0 heterocycles. The van der Waals surface area contributed by atoms with Crippen molar-refractivity contribution >= 4 is 10.1 Å². The molecule has 1 rings (SSSR count). The van der Waals surface area contributed by atoms with Gasteiger partial charge in [-0.1, -0.05) is 6.92 Å². The number of rotatable bonds is 1. The Morgan fingerprint density at radius 1 is 1.17 bits per heavy atom. The molecule has 0 aliphatic heterocycles. The van der Waals surface area contributed by atoms with E-state index < -0.39 is 15.4 Å². The van der Waals surface area contributed by atoms with Crippen LogP contribution in [0.15, 0.2) is 0 Å². The van der Waals surface area contributed by atoms with Gasteiger partial charge in [0.2, 0.25) is 0 Å². The first-order valence-electron chi connectivity index (χ1n) is 3.95. The standard InChI is InChI=1S/C7H14O3S.Na/c1-6-2-4-7(5-3-6)11(8,9)10;/h6-7H,2-5H2,1H3,(H,8,9,10);/q;+1/p-1. The van der Waals surface area contributed by atoms with Crippen molar-refractivity contribution in [3.63, 3.8) is 0 Å². The van der Waals surface area contributed by atoms with Crippen molar-refractivity contribution in [3.8, 4) is 0 Å². The average molecular weight is 200 g/mol. The molecular formula is C7H13NaO3S. The molecule has 1 aliphatic rings. The Hall–Kier alpha value is 0.910. The molecule has 0 amide bonds. The molecule has 0 unspecified atom stereocenters. The normalized spacial score (nSPS) is 30.8. The summed E-state index contributed by atoms with van der Waals surface area (Å²) < 4.78 is 31.6. The van der Waals surface area contributed by atoms with E-state index in [2.05, 4.69) is 6.92 Å². The van der Waals surface area contributed by atoms with Gasteiger partial charge < -0.3 is 4.55 Å². The van der Waals surface area contributed by atoms with Gasteiger partial charge in [0.1, 0.15) is 0 Å². The molecule has 0 aromatic carbocycles. The van der Waals surface area contributed by atoms with Gasteiger partial charge in [-0.3, -0.25) is 0 Å². The summed E-state index contributed by atoms with van der Waals surface area (Å²) >= 11 is 0. The van der Waals surface area contributed by atoms with Crippen molar-refractivity contribution in [3.05, 3.63) is 0 Å². The van der Waals surface area contributed by atoms with Crippen molar-refractivity contribution in [2.24, 2.45) is 5.92 Å². The second-order valence-corrected chi connectivity index (χ2v) is 5.03. The Kier molecular flexibility index (Phi) is 5.33. The van der Waals surface area contributed by atoms with E-state index in [0.717, 1.165) is 12.8 Å². The van der Waals surface area contributed by atoms with Gasteiger partial charge in [-0.25, -0.2) is 8.42 Å². The molecule has 3 nitrogen and oxygen atoms in total. The Balaban J connectivity index is 0.00000121. The van der Waals surface area contributed by atoms with E-state index in [4.69, 9.17) is 0 Å². The van der Waals surface area contributed by atoms with E-state index in [9.17, 15) is 13.0 Å². The van der Waals surface area contributed by atoms with Crippen molar-refractivity contribution in [2.45, 2.75) is 37.9 Å². The zero-order chi connectivity index (χ0) is 8.48. The predicted octanol–water partition coefficient (Wildman–Crippen LogP) is -1.89. The molecule has 0 saturated heterocycles. The summed E-state index contributed by atoms with van der Waals surface area (Å²) in [5.41, 5.74) is 0. The van der Waals surface area contributed by atoms with E-state index in [1.807, 2.05) is 0 Å². The molecule has 0 bridgehead atoms. The summed E-state index contributed by atoms with van der Waals surface area (Å²) in [6.45, 7) is 2.09. The summed E-state index contributed by atoms with van der Waals surface area (Å²) in [5, 5.41) is -0.598. The second kappa shape index (κ2) is 4.96. The van der Waals surface area contributed by atoms with Gasteiger partial charge in [0.05, 0.1) is 10.1 Å². The fraction of sp³-hybridized carbons (Fsp3) is 1.00. The maximum Gasteiger partial charge on any atom is 1.00 e. The van der Waals surface area contributed by atoms with E-state index in [1.165, 1.54) is 0 Å². The minimum atomic E-state index is -4.00.